The van der Waals surface area contributed by atoms with E-state index in [4.69, 9.17) is 0 Å². The Kier molecular flexibility index (Phi) is 3.90. The number of rotatable bonds is 4. The Balaban J connectivity index is 2.25. The minimum atomic E-state index is -1.21. The lowest BCUT2D eigenvalue weighted by Crippen LogP contribution is -2.21. The highest BCUT2D eigenvalue weighted by Crippen LogP contribution is 2.17. The number of nitrogens with one attached hydrogen (secondary N) is 1. The van der Waals surface area contributed by atoms with Crippen molar-refractivity contribution < 1.29 is 13.2 Å². The predicted octanol–water partition coefficient (Wildman–Crippen LogP) is 2.79. The summed E-state index contributed by atoms with van der Waals surface area (Å²) in [6, 6.07) is 1.61. The Labute approximate surface area is 109 Å². The maximum Gasteiger partial charge on any atom is 0.161 e. The minimum absolute atomic E-state index is 0.116. The highest BCUT2D eigenvalue weighted by atomic mass is 19.2. The van der Waals surface area contributed by atoms with Crippen molar-refractivity contribution in [2.75, 3.05) is 0 Å². The summed E-state index contributed by atoms with van der Waals surface area (Å²) in [7, 11) is 0. The number of hydrogen-bond donors (Lipinski definition) is 1. The predicted molar refractivity (Wildman–Crippen MR) is 65.4 cm³/mol. The molecule has 0 aliphatic rings. The summed E-state index contributed by atoms with van der Waals surface area (Å²) in [5, 5.41) is 7.12. The standard InChI is InChI=1S/C13H14F3N3/c1-8(2)17-5-9-6-18-19(7-9)13-4-11(15)10(14)3-12(13)16/h3-4,6-8,17H,5H2,1-2H3. The summed E-state index contributed by atoms with van der Waals surface area (Å²) in [4.78, 5) is 0. The van der Waals surface area contributed by atoms with Gasteiger partial charge in [-0.1, -0.05) is 13.8 Å². The van der Waals surface area contributed by atoms with Crippen LogP contribution in [-0.4, -0.2) is 15.8 Å². The fourth-order valence-corrected chi connectivity index (χ4v) is 1.59. The Morgan fingerprint density at radius 2 is 1.84 bits per heavy atom. The van der Waals surface area contributed by atoms with E-state index in [0.29, 0.717) is 18.7 Å². The molecule has 0 fully saturated rings. The largest absolute Gasteiger partial charge is 0.310 e. The van der Waals surface area contributed by atoms with Crippen LogP contribution in [0.4, 0.5) is 13.2 Å². The topological polar surface area (TPSA) is 29.9 Å². The van der Waals surface area contributed by atoms with Crippen LogP contribution >= 0.6 is 0 Å². The second-order valence-corrected chi connectivity index (χ2v) is 4.55. The van der Waals surface area contributed by atoms with E-state index in [9.17, 15) is 13.2 Å². The number of aromatic nitrogens is 2. The van der Waals surface area contributed by atoms with Crippen LogP contribution < -0.4 is 5.32 Å². The highest BCUT2D eigenvalue weighted by Gasteiger charge is 2.12. The zero-order valence-corrected chi connectivity index (χ0v) is 10.6. The Hall–Kier alpha value is -1.82. The van der Waals surface area contributed by atoms with Gasteiger partial charge in [-0.3, -0.25) is 0 Å². The molecular formula is C13H14F3N3. The maximum absolute atomic E-state index is 13.6. The molecule has 0 spiro atoms. The van der Waals surface area contributed by atoms with Crippen LogP contribution in [0.3, 0.4) is 0 Å². The van der Waals surface area contributed by atoms with Crippen LogP contribution in [0.25, 0.3) is 5.69 Å². The molecule has 2 aromatic rings. The molecule has 1 N–H and O–H groups in total. The summed E-state index contributed by atoms with van der Waals surface area (Å²) in [5.74, 6) is -3.17. The molecule has 0 amide bonds. The van der Waals surface area contributed by atoms with Crippen LogP contribution in [0.1, 0.15) is 19.4 Å². The summed E-state index contributed by atoms with van der Waals surface area (Å²) in [6.45, 7) is 4.57. The Morgan fingerprint density at radius 3 is 2.53 bits per heavy atom. The van der Waals surface area contributed by atoms with Crippen molar-refractivity contribution in [1.82, 2.24) is 15.1 Å². The molecule has 1 aromatic carbocycles. The van der Waals surface area contributed by atoms with Crippen molar-refractivity contribution >= 4 is 0 Å². The van der Waals surface area contributed by atoms with Gasteiger partial charge in [-0.25, -0.2) is 17.9 Å². The fourth-order valence-electron chi connectivity index (χ4n) is 1.59. The molecule has 19 heavy (non-hydrogen) atoms. The van der Waals surface area contributed by atoms with Crippen molar-refractivity contribution in [2.45, 2.75) is 26.4 Å². The minimum Gasteiger partial charge on any atom is -0.310 e. The lowest BCUT2D eigenvalue weighted by molar-refractivity contribution is 0.491. The molecule has 0 saturated carbocycles. The monoisotopic (exact) mass is 269 g/mol. The Morgan fingerprint density at radius 1 is 1.16 bits per heavy atom. The lowest BCUT2D eigenvalue weighted by atomic mass is 10.3. The second-order valence-electron chi connectivity index (χ2n) is 4.55. The van der Waals surface area contributed by atoms with Gasteiger partial charge in [0, 0.05) is 36.5 Å². The molecule has 102 valence electrons. The number of halogens is 3. The number of nitrogens with zero attached hydrogens (tertiary/aromatic N) is 2. The molecule has 2 rings (SSSR count). The molecule has 0 atom stereocenters. The molecular weight excluding hydrogens is 255 g/mol. The first-order valence-electron chi connectivity index (χ1n) is 5.89. The van der Waals surface area contributed by atoms with Gasteiger partial charge < -0.3 is 5.32 Å². The molecule has 0 bridgehead atoms. The first kappa shape index (κ1) is 13.6. The molecule has 0 aliphatic heterocycles. The van der Waals surface area contributed by atoms with E-state index in [1.807, 2.05) is 13.8 Å². The van der Waals surface area contributed by atoms with Crippen molar-refractivity contribution in [1.29, 1.82) is 0 Å². The van der Waals surface area contributed by atoms with Crippen molar-refractivity contribution in [3.05, 3.63) is 47.5 Å². The van der Waals surface area contributed by atoms with Crippen LogP contribution in [0.15, 0.2) is 24.5 Å². The molecule has 6 heteroatoms. The molecule has 0 saturated heterocycles. The summed E-state index contributed by atoms with van der Waals surface area (Å²) in [6.07, 6.45) is 3.13. The van der Waals surface area contributed by atoms with Gasteiger partial charge in [-0.2, -0.15) is 5.10 Å². The molecule has 0 unspecified atom stereocenters. The highest BCUT2D eigenvalue weighted by molar-refractivity contribution is 5.34. The average molecular weight is 269 g/mol. The van der Waals surface area contributed by atoms with E-state index >= 15 is 0 Å². The SMILES string of the molecule is CC(C)NCc1cnn(-c2cc(F)c(F)cc2F)c1. The van der Waals surface area contributed by atoms with Crippen LogP contribution in [-0.2, 0) is 6.54 Å². The third-order valence-electron chi connectivity index (χ3n) is 2.59. The van der Waals surface area contributed by atoms with Gasteiger partial charge in [0.25, 0.3) is 0 Å². The number of benzene rings is 1. The van der Waals surface area contributed by atoms with Gasteiger partial charge in [0.05, 0.1) is 6.20 Å². The molecule has 0 aliphatic carbocycles. The first-order valence-corrected chi connectivity index (χ1v) is 5.89. The first-order chi connectivity index (χ1) is 8.97. The van der Waals surface area contributed by atoms with E-state index in [-0.39, 0.29) is 5.69 Å². The van der Waals surface area contributed by atoms with Crippen LogP contribution in [0, 0.1) is 17.5 Å². The quantitative estimate of drug-likeness (QED) is 0.865. The van der Waals surface area contributed by atoms with Gasteiger partial charge in [-0.05, 0) is 0 Å². The molecule has 0 radical (unpaired) electrons. The van der Waals surface area contributed by atoms with Gasteiger partial charge in [0.2, 0.25) is 0 Å². The third kappa shape index (κ3) is 3.14. The van der Waals surface area contributed by atoms with E-state index in [1.165, 1.54) is 4.68 Å². The van der Waals surface area contributed by atoms with Crippen LogP contribution in [0.5, 0.6) is 0 Å². The van der Waals surface area contributed by atoms with Gasteiger partial charge >= 0.3 is 0 Å². The lowest BCUT2D eigenvalue weighted by Gasteiger charge is -2.06. The molecule has 3 nitrogen and oxygen atoms in total. The Bertz CT molecular complexity index is 579. The zero-order valence-electron chi connectivity index (χ0n) is 10.6. The van der Waals surface area contributed by atoms with Gasteiger partial charge in [0.15, 0.2) is 17.5 Å². The van der Waals surface area contributed by atoms with E-state index in [2.05, 4.69) is 10.4 Å². The summed E-state index contributed by atoms with van der Waals surface area (Å²) >= 11 is 0. The zero-order chi connectivity index (χ0) is 14.0. The number of hydrogen-bond acceptors (Lipinski definition) is 2. The van der Waals surface area contributed by atoms with E-state index < -0.39 is 17.5 Å². The smallest absolute Gasteiger partial charge is 0.161 e. The molecule has 1 heterocycles. The van der Waals surface area contributed by atoms with E-state index in [0.717, 1.165) is 11.6 Å². The van der Waals surface area contributed by atoms with Crippen molar-refractivity contribution in [3.63, 3.8) is 0 Å². The fraction of sp³-hybridized carbons (Fsp3) is 0.308. The summed E-state index contributed by atoms with van der Waals surface area (Å²) in [5.41, 5.74) is 0.715. The van der Waals surface area contributed by atoms with Crippen molar-refractivity contribution in [3.8, 4) is 5.69 Å². The van der Waals surface area contributed by atoms with Gasteiger partial charge in [-0.15, -0.1) is 0 Å². The average Bonchev–Trinajstić information content (AvgIpc) is 2.80. The molecule has 1 aromatic heterocycles. The van der Waals surface area contributed by atoms with Gasteiger partial charge in [0.1, 0.15) is 5.69 Å². The normalized spacial score (nSPS) is 11.3. The van der Waals surface area contributed by atoms with Crippen molar-refractivity contribution in [2.24, 2.45) is 0 Å². The maximum atomic E-state index is 13.6. The van der Waals surface area contributed by atoms with Crippen LogP contribution in [0.2, 0.25) is 0 Å². The summed E-state index contributed by atoms with van der Waals surface area (Å²) < 4.78 is 40.7. The second kappa shape index (κ2) is 5.44. The third-order valence-corrected chi connectivity index (χ3v) is 2.59. The van der Waals surface area contributed by atoms with E-state index in [1.54, 1.807) is 12.4 Å².